The smallest absolute Gasteiger partial charge is 0.232 e. The summed E-state index contributed by atoms with van der Waals surface area (Å²) in [5.41, 5.74) is 7.89. The zero-order valence-electron chi connectivity index (χ0n) is 23.0. The largest absolute Gasteiger partial charge is 0.390 e. The first-order valence-corrected chi connectivity index (χ1v) is 13.8. The quantitative estimate of drug-likeness (QED) is 0.256. The molecule has 1 amide bonds. The molecule has 0 radical (unpaired) electrons. The van der Waals surface area contributed by atoms with Gasteiger partial charge in [-0.2, -0.15) is 0 Å². The number of amides is 1. The first-order chi connectivity index (χ1) is 18.8. The summed E-state index contributed by atoms with van der Waals surface area (Å²) in [7, 11) is 0. The molecule has 0 unspecified atom stereocenters. The third-order valence-electron chi connectivity index (χ3n) is 7.69. The van der Waals surface area contributed by atoms with Crippen LogP contribution in [0.25, 0.3) is 11.1 Å². The minimum atomic E-state index is -0.755. The Labute approximate surface area is 232 Å². The van der Waals surface area contributed by atoms with Crippen LogP contribution >= 0.6 is 0 Å². The summed E-state index contributed by atoms with van der Waals surface area (Å²) in [6.07, 6.45) is -0.207. The first-order valence-electron chi connectivity index (χ1n) is 13.8. The molecule has 0 saturated carbocycles. The lowest BCUT2D eigenvalue weighted by Gasteiger charge is -2.27. The molecule has 4 aromatic rings. The van der Waals surface area contributed by atoms with E-state index in [0.29, 0.717) is 19.5 Å². The molecular formula is C35H38N2O2. The lowest BCUT2D eigenvalue weighted by Crippen LogP contribution is -2.49. The molecule has 2 atom stereocenters. The van der Waals surface area contributed by atoms with Gasteiger partial charge >= 0.3 is 0 Å². The van der Waals surface area contributed by atoms with E-state index in [1.807, 2.05) is 66.7 Å². The summed E-state index contributed by atoms with van der Waals surface area (Å²) in [6.45, 7) is 7.65. The number of benzene rings is 4. The molecule has 0 fully saturated rings. The molecule has 5 rings (SSSR count). The molecule has 3 N–H and O–H groups in total. The van der Waals surface area contributed by atoms with E-state index in [9.17, 15) is 9.90 Å². The summed E-state index contributed by atoms with van der Waals surface area (Å²) < 4.78 is 0. The van der Waals surface area contributed by atoms with Crippen molar-refractivity contribution in [2.45, 2.75) is 57.2 Å². The maximum absolute atomic E-state index is 13.8. The predicted octanol–water partition coefficient (Wildman–Crippen LogP) is 5.97. The third kappa shape index (κ3) is 6.13. The second kappa shape index (κ2) is 11.6. The topological polar surface area (TPSA) is 61.4 Å². The van der Waals surface area contributed by atoms with Gasteiger partial charge in [-0.25, -0.2) is 0 Å². The SMILES string of the molecule is CC(C)(C)c1ccc(CNC[C@H](O)[C@H](Cc2ccccc2)NC(=O)C2c3ccccc3-c3ccccc32)cc1. The first kappa shape index (κ1) is 26.9. The molecule has 0 heterocycles. The van der Waals surface area contributed by atoms with Crippen LogP contribution in [0.5, 0.6) is 0 Å². The Hall–Kier alpha value is -3.73. The normalized spacial score (nSPS) is 14.4. The summed E-state index contributed by atoms with van der Waals surface area (Å²) in [5.74, 6) is -0.470. The Kier molecular flexibility index (Phi) is 7.97. The van der Waals surface area contributed by atoms with Gasteiger partial charge in [0.15, 0.2) is 0 Å². The highest BCUT2D eigenvalue weighted by atomic mass is 16.3. The van der Waals surface area contributed by atoms with Gasteiger partial charge in [0.25, 0.3) is 0 Å². The molecule has 200 valence electrons. The fraction of sp³-hybridized carbons (Fsp3) is 0.286. The van der Waals surface area contributed by atoms with E-state index in [1.54, 1.807) is 0 Å². The van der Waals surface area contributed by atoms with Crippen LogP contribution in [-0.2, 0) is 23.2 Å². The van der Waals surface area contributed by atoms with Crippen LogP contribution in [0, 0.1) is 0 Å². The van der Waals surface area contributed by atoms with Crippen LogP contribution in [0.4, 0.5) is 0 Å². The molecule has 0 spiro atoms. The van der Waals surface area contributed by atoms with Crippen molar-refractivity contribution in [3.63, 3.8) is 0 Å². The van der Waals surface area contributed by atoms with Crippen LogP contribution in [0.2, 0.25) is 0 Å². The fourth-order valence-corrected chi connectivity index (χ4v) is 5.48. The van der Waals surface area contributed by atoms with Gasteiger partial charge in [-0.05, 0) is 50.8 Å². The van der Waals surface area contributed by atoms with Crippen molar-refractivity contribution in [1.29, 1.82) is 0 Å². The molecule has 0 aromatic heterocycles. The Bertz CT molecular complexity index is 1360. The van der Waals surface area contributed by atoms with Gasteiger partial charge in [0.1, 0.15) is 0 Å². The van der Waals surface area contributed by atoms with Crippen molar-refractivity contribution in [2.24, 2.45) is 0 Å². The third-order valence-corrected chi connectivity index (χ3v) is 7.69. The molecule has 0 aliphatic heterocycles. The van der Waals surface area contributed by atoms with Crippen LogP contribution in [-0.4, -0.2) is 29.7 Å². The van der Waals surface area contributed by atoms with Gasteiger partial charge in [0.05, 0.1) is 18.1 Å². The number of nitrogens with one attached hydrogen (secondary N) is 2. The highest BCUT2D eigenvalue weighted by Gasteiger charge is 2.35. The van der Waals surface area contributed by atoms with Crippen molar-refractivity contribution >= 4 is 5.91 Å². The number of carbonyl (C=O) groups is 1. The number of fused-ring (bicyclic) bond motifs is 3. The zero-order chi connectivity index (χ0) is 27.4. The number of hydrogen-bond donors (Lipinski definition) is 3. The van der Waals surface area contributed by atoms with E-state index >= 15 is 0 Å². The molecular weight excluding hydrogens is 480 g/mol. The second-order valence-corrected chi connectivity index (χ2v) is 11.6. The molecule has 0 bridgehead atoms. The average molecular weight is 519 g/mol. The van der Waals surface area contributed by atoms with Gasteiger partial charge < -0.3 is 15.7 Å². The lowest BCUT2D eigenvalue weighted by atomic mass is 9.87. The number of aliphatic hydroxyl groups is 1. The monoisotopic (exact) mass is 518 g/mol. The zero-order valence-corrected chi connectivity index (χ0v) is 23.0. The van der Waals surface area contributed by atoms with E-state index < -0.39 is 18.1 Å². The van der Waals surface area contributed by atoms with E-state index in [4.69, 9.17) is 0 Å². The summed E-state index contributed by atoms with van der Waals surface area (Å²) in [5, 5.41) is 17.9. The standard InChI is InChI=1S/C35H38N2O2/c1-35(2,3)26-19-17-25(18-20-26)22-36-23-32(38)31(21-24-11-5-4-6-12-24)37-34(39)33-29-15-9-7-13-27(29)28-14-8-10-16-30(28)33/h4-20,31-33,36,38H,21-23H2,1-3H3,(H,37,39)/t31-,32-/m0/s1. The van der Waals surface area contributed by atoms with Crippen molar-refractivity contribution in [1.82, 2.24) is 10.6 Å². The molecule has 4 aromatic carbocycles. The average Bonchev–Trinajstić information content (AvgIpc) is 3.27. The second-order valence-electron chi connectivity index (χ2n) is 11.6. The Morgan fingerprint density at radius 3 is 1.92 bits per heavy atom. The molecule has 4 nitrogen and oxygen atoms in total. The van der Waals surface area contributed by atoms with Gasteiger partial charge in [-0.3, -0.25) is 4.79 Å². The summed E-state index contributed by atoms with van der Waals surface area (Å²) >= 11 is 0. The minimum Gasteiger partial charge on any atom is -0.390 e. The maximum atomic E-state index is 13.8. The number of hydrogen-bond acceptors (Lipinski definition) is 3. The van der Waals surface area contributed by atoms with E-state index in [1.165, 1.54) is 5.56 Å². The van der Waals surface area contributed by atoms with Crippen molar-refractivity contribution < 1.29 is 9.90 Å². The highest BCUT2D eigenvalue weighted by Crippen LogP contribution is 2.44. The van der Waals surface area contributed by atoms with Crippen molar-refractivity contribution in [2.75, 3.05) is 6.54 Å². The Morgan fingerprint density at radius 2 is 1.33 bits per heavy atom. The minimum absolute atomic E-state index is 0.0786. The summed E-state index contributed by atoms with van der Waals surface area (Å²) in [6, 6.07) is 34.4. The number of aliphatic hydroxyl groups excluding tert-OH is 1. The van der Waals surface area contributed by atoms with Crippen LogP contribution in [0.1, 0.15) is 54.5 Å². The van der Waals surface area contributed by atoms with Crippen LogP contribution in [0.15, 0.2) is 103 Å². The molecule has 39 heavy (non-hydrogen) atoms. The Balaban J connectivity index is 1.30. The number of carbonyl (C=O) groups excluding carboxylic acids is 1. The van der Waals surface area contributed by atoms with Gasteiger partial charge in [-0.15, -0.1) is 0 Å². The molecule has 0 saturated heterocycles. The van der Waals surface area contributed by atoms with E-state index in [0.717, 1.165) is 33.4 Å². The van der Waals surface area contributed by atoms with E-state index in [2.05, 4.69) is 67.8 Å². The van der Waals surface area contributed by atoms with Crippen LogP contribution < -0.4 is 10.6 Å². The number of rotatable bonds is 9. The molecule has 1 aliphatic carbocycles. The molecule has 4 heteroatoms. The Morgan fingerprint density at radius 1 is 0.769 bits per heavy atom. The van der Waals surface area contributed by atoms with Gasteiger partial charge in [-0.1, -0.05) is 124 Å². The van der Waals surface area contributed by atoms with E-state index in [-0.39, 0.29) is 11.3 Å². The van der Waals surface area contributed by atoms with Crippen molar-refractivity contribution in [3.8, 4) is 11.1 Å². The predicted molar refractivity (Wildman–Crippen MR) is 159 cm³/mol. The van der Waals surface area contributed by atoms with Gasteiger partial charge in [0, 0.05) is 13.1 Å². The van der Waals surface area contributed by atoms with Gasteiger partial charge in [0.2, 0.25) is 5.91 Å². The molecule has 1 aliphatic rings. The van der Waals surface area contributed by atoms with Crippen molar-refractivity contribution in [3.05, 3.63) is 131 Å². The lowest BCUT2D eigenvalue weighted by molar-refractivity contribution is -0.123. The summed E-state index contributed by atoms with van der Waals surface area (Å²) in [4.78, 5) is 13.8. The highest BCUT2D eigenvalue weighted by molar-refractivity contribution is 5.96. The maximum Gasteiger partial charge on any atom is 0.232 e. The van der Waals surface area contributed by atoms with Crippen LogP contribution in [0.3, 0.4) is 0 Å². The fourth-order valence-electron chi connectivity index (χ4n) is 5.48.